The molecule has 2 fully saturated rings. The molecular weight excluding hydrogens is 440 g/mol. The molecule has 3 aliphatic rings. The van der Waals surface area contributed by atoms with Gasteiger partial charge in [-0.25, -0.2) is 4.39 Å². The number of fused-ring (bicyclic) bond motifs is 2. The second-order valence-corrected chi connectivity index (χ2v) is 9.78. The zero-order valence-electron chi connectivity index (χ0n) is 17.0. The number of aliphatic hydroxyl groups excluding tert-OH is 1. The van der Waals surface area contributed by atoms with E-state index in [1.165, 1.54) is 6.07 Å². The fourth-order valence-electron chi connectivity index (χ4n) is 5.60. The number of hydrogen-bond donors (Lipinski definition) is 3. The van der Waals surface area contributed by atoms with Gasteiger partial charge in [0.25, 0.3) is 0 Å². The van der Waals surface area contributed by atoms with E-state index in [4.69, 9.17) is 28.9 Å². The summed E-state index contributed by atoms with van der Waals surface area (Å²) < 4.78 is 15.3. The monoisotopic (exact) mass is 463 g/mol. The molecule has 1 aliphatic carbocycles. The Hall–Kier alpha value is -1.70. The van der Waals surface area contributed by atoms with Gasteiger partial charge in [-0.05, 0) is 49.4 Å². The van der Waals surface area contributed by atoms with Gasteiger partial charge in [-0.3, -0.25) is 9.69 Å². The van der Waals surface area contributed by atoms with Crippen molar-refractivity contribution >= 4 is 34.8 Å². The summed E-state index contributed by atoms with van der Waals surface area (Å²) in [6.07, 6.45) is 1.29. The molecule has 1 amide bonds. The molecule has 164 valence electrons. The lowest BCUT2D eigenvalue weighted by Crippen LogP contribution is -2.55. The molecule has 1 saturated heterocycles. The molecule has 4 N–H and O–H groups in total. The summed E-state index contributed by atoms with van der Waals surface area (Å²) in [5.74, 6) is -1.20. The van der Waals surface area contributed by atoms with Crippen LogP contribution in [0.4, 0.5) is 10.1 Å². The van der Waals surface area contributed by atoms with Crippen LogP contribution in [0.15, 0.2) is 36.4 Å². The SMILES string of the molecule is C[C@@H](O)[C@H]1[C@@H](N)[C@H](c2cccc(Cl)c2F)[C@]2(C(=O)Nc3cc(Cl)ccc32)N1CC1CC1. The molecule has 2 aromatic carbocycles. The first kappa shape index (κ1) is 21.2. The number of nitrogens with zero attached hydrogens (tertiary/aromatic N) is 1. The standard InChI is InChI=1S/C23H24Cl2FN3O2/c1-11(30)21-20(27)18(14-3-2-4-16(25)19(14)26)23(29(21)10-12-5-6-12)15-8-7-13(24)9-17(15)28-22(23)31/h2-4,7-9,11-12,18,20-21,30H,5-6,10,27H2,1H3,(H,28,31)/t11-,18+,20+,21+,23-/m1/s1. The van der Waals surface area contributed by atoms with Crippen LogP contribution in [-0.2, 0) is 10.3 Å². The number of benzene rings is 2. The molecule has 5 atom stereocenters. The number of halogens is 3. The van der Waals surface area contributed by atoms with E-state index in [2.05, 4.69) is 5.32 Å². The third-order valence-electron chi connectivity index (χ3n) is 6.99. The van der Waals surface area contributed by atoms with Crippen molar-refractivity contribution in [2.45, 2.75) is 49.4 Å². The molecule has 0 radical (unpaired) electrons. The predicted molar refractivity (Wildman–Crippen MR) is 119 cm³/mol. The van der Waals surface area contributed by atoms with E-state index < -0.39 is 35.5 Å². The molecule has 0 unspecified atom stereocenters. The Morgan fingerprint density at radius 2 is 2.06 bits per heavy atom. The fraction of sp³-hybridized carbons (Fsp3) is 0.435. The Balaban J connectivity index is 1.80. The minimum atomic E-state index is -1.27. The molecule has 2 heterocycles. The number of amides is 1. The van der Waals surface area contributed by atoms with Crippen LogP contribution in [-0.4, -0.2) is 40.6 Å². The third kappa shape index (κ3) is 3.04. The molecule has 8 heteroatoms. The fourth-order valence-corrected chi connectivity index (χ4v) is 5.96. The molecule has 2 aliphatic heterocycles. The second-order valence-electron chi connectivity index (χ2n) is 8.94. The number of nitrogens with one attached hydrogen (secondary N) is 1. The molecule has 5 rings (SSSR count). The zero-order chi connectivity index (χ0) is 22.1. The largest absolute Gasteiger partial charge is 0.392 e. The van der Waals surface area contributed by atoms with Crippen molar-refractivity contribution in [2.75, 3.05) is 11.9 Å². The summed E-state index contributed by atoms with van der Waals surface area (Å²) >= 11 is 12.3. The van der Waals surface area contributed by atoms with E-state index in [1.807, 2.05) is 11.0 Å². The zero-order valence-corrected chi connectivity index (χ0v) is 18.5. The summed E-state index contributed by atoms with van der Waals surface area (Å²) in [5.41, 5.74) is 7.05. The van der Waals surface area contributed by atoms with Gasteiger partial charge in [-0.2, -0.15) is 0 Å². The van der Waals surface area contributed by atoms with Gasteiger partial charge in [0.2, 0.25) is 5.91 Å². The second kappa shape index (κ2) is 7.42. The van der Waals surface area contributed by atoms with Crippen molar-refractivity contribution in [1.29, 1.82) is 0 Å². The van der Waals surface area contributed by atoms with Gasteiger partial charge in [0.1, 0.15) is 11.4 Å². The number of nitrogens with two attached hydrogens (primary N) is 1. The number of anilines is 1. The Bertz CT molecular complexity index is 1060. The molecular formula is C23H24Cl2FN3O2. The van der Waals surface area contributed by atoms with Gasteiger partial charge in [-0.15, -0.1) is 0 Å². The van der Waals surface area contributed by atoms with Crippen molar-refractivity contribution in [3.05, 3.63) is 63.4 Å². The third-order valence-corrected chi connectivity index (χ3v) is 7.52. The van der Waals surface area contributed by atoms with Crippen molar-refractivity contribution in [3.63, 3.8) is 0 Å². The summed E-state index contributed by atoms with van der Waals surface area (Å²) in [6.45, 7) is 2.27. The van der Waals surface area contributed by atoms with Crippen LogP contribution >= 0.6 is 23.2 Å². The first-order valence-electron chi connectivity index (χ1n) is 10.5. The molecule has 5 nitrogen and oxygen atoms in total. The summed E-state index contributed by atoms with van der Waals surface area (Å²) in [5, 5.41) is 14.2. The number of carbonyl (C=O) groups is 1. The van der Waals surface area contributed by atoms with Crippen LogP contribution < -0.4 is 11.1 Å². The van der Waals surface area contributed by atoms with E-state index in [1.54, 1.807) is 31.2 Å². The van der Waals surface area contributed by atoms with Gasteiger partial charge in [-0.1, -0.05) is 41.4 Å². The van der Waals surface area contributed by atoms with Crippen molar-refractivity contribution in [2.24, 2.45) is 11.7 Å². The van der Waals surface area contributed by atoms with Gasteiger partial charge < -0.3 is 16.2 Å². The highest BCUT2D eigenvalue weighted by Crippen LogP contribution is 2.58. The maximum atomic E-state index is 15.3. The van der Waals surface area contributed by atoms with E-state index in [9.17, 15) is 9.90 Å². The maximum absolute atomic E-state index is 15.3. The van der Waals surface area contributed by atoms with Gasteiger partial charge >= 0.3 is 0 Å². The van der Waals surface area contributed by atoms with Crippen LogP contribution in [0.2, 0.25) is 10.0 Å². The van der Waals surface area contributed by atoms with E-state index in [0.29, 0.717) is 28.7 Å². The van der Waals surface area contributed by atoms with Crippen LogP contribution in [0.5, 0.6) is 0 Å². The summed E-state index contributed by atoms with van der Waals surface area (Å²) in [6, 6.07) is 8.78. The van der Waals surface area contributed by atoms with E-state index in [0.717, 1.165) is 12.8 Å². The lowest BCUT2D eigenvalue weighted by atomic mass is 9.73. The number of aliphatic hydroxyl groups is 1. The molecule has 31 heavy (non-hydrogen) atoms. The number of carbonyl (C=O) groups excluding carboxylic acids is 1. The molecule has 2 aromatic rings. The lowest BCUT2D eigenvalue weighted by Gasteiger charge is -2.40. The average Bonchev–Trinajstić information content (AvgIpc) is 3.42. The highest BCUT2D eigenvalue weighted by Gasteiger charge is 2.67. The number of hydrogen-bond acceptors (Lipinski definition) is 4. The molecule has 1 spiro atoms. The number of rotatable bonds is 4. The Kier molecular flexibility index (Phi) is 5.07. The van der Waals surface area contributed by atoms with Gasteiger partial charge in [0.05, 0.1) is 17.2 Å². The number of likely N-dealkylation sites (tertiary alicyclic amines) is 1. The van der Waals surface area contributed by atoms with Gasteiger partial charge in [0.15, 0.2) is 0 Å². The lowest BCUT2D eigenvalue weighted by molar-refractivity contribution is -0.128. The van der Waals surface area contributed by atoms with Crippen molar-refractivity contribution in [3.8, 4) is 0 Å². The minimum absolute atomic E-state index is 0.0242. The van der Waals surface area contributed by atoms with E-state index in [-0.39, 0.29) is 16.5 Å². The highest BCUT2D eigenvalue weighted by atomic mass is 35.5. The Labute approximate surface area is 190 Å². The molecule has 0 bridgehead atoms. The molecule has 0 aromatic heterocycles. The Morgan fingerprint density at radius 1 is 1.32 bits per heavy atom. The van der Waals surface area contributed by atoms with Crippen molar-refractivity contribution in [1.82, 2.24) is 4.90 Å². The predicted octanol–water partition coefficient (Wildman–Crippen LogP) is 3.87. The highest BCUT2D eigenvalue weighted by molar-refractivity contribution is 6.31. The first-order chi connectivity index (χ1) is 14.8. The van der Waals surface area contributed by atoms with Crippen LogP contribution in [0.3, 0.4) is 0 Å². The van der Waals surface area contributed by atoms with Crippen molar-refractivity contribution < 1.29 is 14.3 Å². The van der Waals surface area contributed by atoms with Crippen LogP contribution in [0.25, 0.3) is 0 Å². The van der Waals surface area contributed by atoms with Gasteiger partial charge in [0, 0.05) is 34.8 Å². The Morgan fingerprint density at radius 3 is 2.74 bits per heavy atom. The average molecular weight is 464 g/mol. The maximum Gasteiger partial charge on any atom is 0.250 e. The quantitative estimate of drug-likeness (QED) is 0.642. The minimum Gasteiger partial charge on any atom is -0.392 e. The summed E-state index contributed by atoms with van der Waals surface area (Å²) in [7, 11) is 0. The molecule has 1 saturated carbocycles. The smallest absolute Gasteiger partial charge is 0.250 e. The van der Waals surface area contributed by atoms with Crippen LogP contribution in [0, 0.1) is 11.7 Å². The first-order valence-corrected chi connectivity index (χ1v) is 11.3. The normalized spacial score (nSPS) is 31.2. The van der Waals surface area contributed by atoms with E-state index >= 15 is 4.39 Å². The van der Waals surface area contributed by atoms with Crippen LogP contribution in [0.1, 0.15) is 36.8 Å². The summed E-state index contributed by atoms with van der Waals surface area (Å²) in [4.78, 5) is 15.8. The topological polar surface area (TPSA) is 78.6 Å².